The molecule has 3 heterocycles. The van der Waals surface area contributed by atoms with Crippen LogP contribution in [0.4, 0.5) is 0 Å². The summed E-state index contributed by atoms with van der Waals surface area (Å²) < 4.78 is 69.2. The molecule has 0 saturated carbocycles. The van der Waals surface area contributed by atoms with Crippen molar-refractivity contribution in [3.63, 3.8) is 0 Å². The highest BCUT2D eigenvalue weighted by Crippen LogP contribution is 2.31. The molecule has 2 amide bonds. The van der Waals surface area contributed by atoms with Gasteiger partial charge in [0.25, 0.3) is 0 Å². The van der Waals surface area contributed by atoms with E-state index in [1.165, 1.54) is 0 Å². The van der Waals surface area contributed by atoms with Gasteiger partial charge < -0.3 is 100 Å². The summed E-state index contributed by atoms with van der Waals surface area (Å²) in [5.41, 5.74) is 0. The van der Waals surface area contributed by atoms with Crippen LogP contribution >= 0.6 is 0 Å². The average molecular weight is 831 g/mol. The third-order valence-corrected chi connectivity index (χ3v) is 9.32. The summed E-state index contributed by atoms with van der Waals surface area (Å²) in [6, 6.07) is -3.25. The summed E-state index contributed by atoms with van der Waals surface area (Å²) >= 11 is 0. The van der Waals surface area contributed by atoms with Crippen LogP contribution in [0.5, 0.6) is 0 Å². The number of hydrogen-bond donors (Lipinski definition) is 15. The van der Waals surface area contributed by atoms with Crippen LogP contribution in [0.3, 0.4) is 0 Å². The molecule has 3 aliphatic heterocycles. The summed E-state index contributed by atoms with van der Waals surface area (Å²) in [5.74, 6) is -1.59. The Morgan fingerprint density at radius 1 is 0.709 bits per heavy atom. The van der Waals surface area contributed by atoms with E-state index in [0.29, 0.717) is 0 Å². The SMILES string of the molecule is CC(=O)N[C@H]1[C@H](OC[C@@H](O)[C@H](O)[C@H](O[C@@H]2O[C@H](CO)[C@H](O)[C@H](OS(=O)(=O)O)[C@H]2O)[C@H](CO)NC(C)=O)O[C@H](CO)[C@@H](O[C@@H]2O[C@H](CO)[C@H](O)[C@H](O)[C@H]2O)[C@@H]1O. The number of nitrogens with one attached hydrogen (secondary N) is 2. The van der Waals surface area contributed by atoms with E-state index in [4.69, 9.17) is 33.0 Å². The second-order valence-corrected chi connectivity index (χ2v) is 14.0. The van der Waals surface area contributed by atoms with E-state index in [1.54, 1.807) is 0 Å². The highest BCUT2D eigenvalue weighted by molar-refractivity contribution is 7.80. The number of hydrogen-bond acceptors (Lipinski definition) is 23. The second kappa shape index (κ2) is 20.7. The number of rotatable bonds is 18. The van der Waals surface area contributed by atoms with Crippen molar-refractivity contribution in [3.8, 4) is 0 Å². The highest BCUT2D eigenvalue weighted by atomic mass is 32.3. The molecule has 0 radical (unpaired) electrons. The molecule has 0 aromatic heterocycles. The van der Waals surface area contributed by atoms with Crippen LogP contribution in [0.25, 0.3) is 0 Å². The van der Waals surface area contributed by atoms with Crippen molar-refractivity contribution in [2.24, 2.45) is 0 Å². The second-order valence-electron chi connectivity index (χ2n) is 12.9. The zero-order chi connectivity index (χ0) is 41.5. The first kappa shape index (κ1) is 47.5. The van der Waals surface area contributed by atoms with Gasteiger partial charge in [0.1, 0.15) is 91.5 Å². The highest BCUT2D eigenvalue weighted by Gasteiger charge is 2.53. The average Bonchev–Trinajstić information content (AvgIpc) is 3.12. The summed E-state index contributed by atoms with van der Waals surface area (Å²) in [6.45, 7) is -2.79. The molecule has 0 aromatic carbocycles. The minimum absolute atomic E-state index is 0.779. The molecule has 3 aliphatic rings. The molecule has 3 saturated heterocycles. The van der Waals surface area contributed by atoms with Crippen molar-refractivity contribution in [1.82, 2.24) is 10.6 Å². The molecular weight excluding hydrogens is 780 g/mol. The third-order valence-electron chi connectivity index (χ3n) is 8.85. The molecule has 0 aliphatic carbocycles. The maximum absolute atomic E-state index is 12.1. The quantitative estimate of drug-likeness (QED) is 0.0570. The van der Waals surface area contributed by atoms with E-state index in [1.807, 2.05) is 0 Å². The molecule has 27 heteroatoms. The van der Waals surface area contributed by atoms with E-state index < -0.39 is 172 Å². The van der Waals surface area contributed by atoms with Crippen molar-refractivity contribution in [3.05, 3.63) is 0 Å². The number of carbonyl (C=O) groups is 2. The number of aliphatic hydroxyl groups excluding tert-OH is 12. The summed E-state index contributed by atoms with van der Waals surface area (Å²) in [4.78, 5) is 24.0. The summed E-state index contributed by atoms with van der Waals surface area (Å²) in [5, 5.41) is 129. The molecule has 0 bridgehead atoms. The molecule has 55 heavy (non-hydrogen) atoms. The topological polar surface area (TPSA) is 420 Å². The van der Waals surface area contributed by atoms with E-state index in [2.05, 4.69) is 14.8 Å². The standard InChI is InChI=1S/C28H50N2O24S/c1-8(35)29-10(3-31)23(52-28-22(44)25(54-55(45,46)47)18(40)13(5-33)50-28)16(38)11(37)7-48-26-15(30-9(2)36)19(41)24(14(6-34)51-26)53-27-21(43)20(42)17(39)12(4-32)49-27/h10-28,31-34,37-44H,3-7H2,1-2H3,(H,29,35)(H,30,36)(H,45,46,47)/t10-,11+,12+,13+,14+,15+,16-,17-,18-,19+,20-,21+,22+,23+,24+,25-,26+,27-,28-/m0/s1. The van der Waals surface area contributed by atoms with Crippen molar-refractivity contribution in [2.75, 3.05) is 33.0 Å². The lowest BCUT2D eigenvalue weighted by Gasteiger charge is -2.47. The molecular formula is C28H50N2O24S. The van der Waals surface area contributed by atoms with Crippen LogP contribution in [0.2, 0.25) is 0 Å². The van der Waals surface area contributed by atoms with Crippen molar-refractivity contribution in [2.45, 2.75) is 130 Å². The summed E-state index contributed by atoms with van der Waals surface area (Å²) in [7, 11) is -5.34. The van der Waals surface area contributed by atoms with Crippen LogP contribution in [-0.2, 0) is 52.6 Å². The number of aliphatic hydroxyl groups is 12. The van der Waals surface area contributed by atoms with Gasteiger partial charge in [-0.15, -0.1) is 0 Å². The van der Waals surface area contributed by atoms with E-state index in [-0.39, 0.29) is 0 Å². The monoisotopic (exact) mass is 830 g/mol. The largest absolute Gasteiger partial charge is 0.397 e. The van der Waals surface area contributed by atoms with Crippen molar-refractivity contribution >= 4 is 22.2 Å². The lowest BCUT2D eigenvalue weighted by molar-refractivity contribution is -0.349. The zero-order valence-electron chi connectivity index (χ0n) is 29.2. The minimum atomic E-state index is -5.34. The van der Waals surface area contributed by atoms with Crippen molar-refractivity contribution < 1.29 is 116 Å². The maximum atomic E-state index is 12.1. The first-order valence-corrected chi connectivity index (χ1v) is 18.0. The predicted molar refractivity (Wildman–Crippen MR) is 170 cm³/mol. The first-order chi connectivity index (χ1) is 25.7. The van der Waals surface area contributed by atoms with E-state index in [0.717, 1.165) is 13.8 Å². The number of amides is 2. The Labute approximate surface area is 312 Å². The van der Waals surface area contributed by atoms with Gasteiger partial charge in [0.2, 0.25) is 11.8 Å². The number of ether oxygens (including phenoxy) is 6. The van der Waals surface area contributed by atoms with Crippen LogP contribution in [0, 0.1) is 0 Å². The fourth-order valence-corrected chi connectivity index (χ4v) is 6.60. The Bertz CT molecular complexity index is 1330. The van der Waals surface area contributed by atoms with Gasteiger partial charge in [0.05, 0.1) is 39.1 Å². The molecule has 322 valence electrons. The fraction of sp³-hybridized carbons (Fsp3) is 0.929. The smallest absolute Gasteiger partial charge is 0.394 e. The zero-order valence-corrected chi connectivity index (χ0v) is 30.0. The molecule has 0 spiro atoms. The van der Waals surface area contributed by atoms with Crippen LogP contribution < -0.4 is 10.6 Å². The van der Waals surface area contributed by atoms with E-state index >= 15 is 0 Å². The Morgan fingerprint density at radius 2 is 1.27 bits per heavy atom. The third kappa shape index (κ3) is 12.1. The van der Waals surface area contributed by atoms with Gasteiger partial charge in [-0.1, -0.05) is 0 Å². The molecule has 19 atom stereocenters. The van der Waals surface area contributed by atoms with Gasteiger partial charge in [-0.05, 0) is 0 Å². The first-order valence-electron chi connectivity index (χ1n) is 16.7. The van der Waals surface area contributed by atoms with Gasteiger partial charge in [-0.3, -0.25) is 14.1 Å². The Kier molecular flexibility index (Phi) is 17.8. The van der Waals surface area contributed by atoms with Gasteiger partial charge in [-0.25, -0.2) is 4.18 Å². The maximum Gasteiger partial charge on any atom is 0.397 e. The van der Waals surface area contributed by atoms with Gasteiger partial charge >= 0.3 is 10.4 Å². The molecule has 26 nitrogen and oxygen atoms in total. The van der Waals surface area contributed by atoms with Crippen LogP contribution in [0.15, 0.2) is 0 Å². The number of carbonyl (C=O) groups excluding carboxylic acids is 2. The molecule has 0 unspecified atom stereocenters. The minimum Gasteiger partial charge on any atom is -0.394 e. The van der Waals surface area contributed by atoms with E-state index in [9.17, 15) is 79.3 Å². The van der Waals surface area contributed by atoms with Gasteiger partial charge in [0, 0.05) is 13.8 Å². The van der Waals surface area contributed by atoms with Crippen LogP contribution in [-0.4, -0.2) is 236 Å². The Morgan fingerprint density at radius 3 is 1.80 bits per heavy atom. The van der Waals surface area contributed by atoms with Gasteiger partial charge in [-0.2, -0.15) is 8.42 Å². The molecule has 15 N–H and O–H groups in total. The molecule has 0 aromatic rings. The summed E-state index contributed by atoms with van der Waals surface area (Å²) in [6.07, 6.45) is -32.7. The van der Waals surface area contributed by atoms with Gasteiger partial charge in [0.15, 0.2) is 18.9 Å². The Balaban J connectivity index is 1.83. The fourth-order valence-electron chi connectivity index (χ4n) is 6.09. The normalized spacial score (nSPS) is 39.4. The molecule has 3 rings (SSSR count). The lowest BCUT2D eigenvalue weighted by Crippen LogP contribution is -2.67. The van der Waals surface area contributed by atoms with Crippen molar-refractivity contribution in [1.29, 1.82) is 0 Å². The molecule has 3 fully saturated rings. The lowest BCUT2D eigenvalue weighted by atomic mass is 9.95. The predicted octanol–water partition coefficient (Wildman–Crippen LogP) is -10.00. The van der Waals surface area contributed by atoms with Crippen LogP contribution in [0.1, 0.15) is 13.8 Å². The Hall–Kier alpha value is -1.91.